The highest BCUT2D eigenvalue weighted by Crippen LogP contribution is 2.27. The minimum atomic E-state index is 0.142. The van der Waals surface area contributed by atoms with Crippen LogP contribution in [0.15, 0.2) is 24.3 Å². The van der Waals surface area contributed by atoms with Crippen LogP contribution in [0.5, 0.6) is 0 Å². The van der Waals surface area contributed by atoms with E-state index in [9.17, 15) is 0 Å². The van der Waals surface area contributed by atoms with Gasteiger partial charge in [0.05, 0.1) is 13.2 Å². The van der Waals surface area contributed by atoms with Crippen molar-refractivity contribution in [3.63, 3.8) is 0 Å². The van der Waals surface area contributed by atoms with Crippen LogP contribution in [0.3, 0.4) is 0 Å². The largest absolute Gasteiger partial charge is 0.384 e. The zero-order valence-electron chi connectivity index (χ0n) is 11.6. The van der Waals surface area contributed by atoms with Crippen molar-refractivity contribution in [2.75, 3.05) is 31.6 Å². The predicted molar refractivity (Wildman–Crippen MR) is 75.9 cm³/mol. The highest BCUT2D eigenvalue weighted by atomic mass is 16.5. The predicted octanol–water partition coefficient (Wildman–Crippen LogP) is 2.37. The molecule has 0 unspecified atom stereocenters. The maximum absolute atomic E-state index is 5.79. The summed E-state index contributed by atoms with van der Waals surface area (Å²) in [6.45, 7) is 9.80. The van der Waals surface area contributed by atoms with E-state index in [1.54, 1.807) is 0 Å². The first-order valence-corrected chi connectivity index (χ1v) is 6.57. The Bertz CT molecular complexity index is 382. The van der Waals surface area contributed by atoms with Gasteiger partial charge in [-0.05, 0) is 23.1 Å². The first-order chi connectivity index (χ1) is 8.45. The molecule has 1 aromatic carbocycles. The van der Waals surface area contributed by atoms with Gasteiger partial charge in [0.2, 0.25) is 0 Å². The van der Waals surface area contributed by atoms with Crippen molar-refractivity contribution in [1.82, 2.24) is 0 Å². The molecule has 18 heavy (non-hydrogen) atoms. The molecule has 1 aliphatic heterocycles. The topological polar surface area (TPSA) is 47.3 Å². The number of anilines is 1. The number of nitrogens with one attached hydrogen (secondary N) is 1. The summed E-state index contributed by atoms with van der Waals surface area (Å²) >= 11 is 0. The molecule has 3 N–H and O–H groups in total. The molecule has 0 amide bonds. The Morgan fingerprint density at radius 1 is 1.22 bits per heavy atom. The second-order valence-corrected chi connectivity index (χ2v) is 6.38. The fraction of sp³-hybridized carbons (Fsp3) is 0.600. The molecule has 2 rings (SSSR count). The number of nitrogens with two attached hydrogens (primary N) is 1. The lowest BCUT2D eigenvalue weighted by atomic mass is 9.85. The molecule has 3 heteroatoms. The summed E-state index contributed by atoms with van der Waals surface area (Å²) in [7, 11) is 0. The quantitative estimate of drug-likeness (QED) is 0.860. The average molecular weight is 248 g/mol. The normalized spacial score (nSPS) is 18.2. The molecule has 100 valence electrons. The van der Waals surface area contributed by atoms with E-state index < -0.39 is 0 Å². The molecule has 0 atom stereocenters. The molecule has 0 bridgehead atoms. The van der Waals surface area contributed by atoms with Gasteiger partial charge in [0.25, 0.3) is 0 Å². The monoisotopic (exact) mass is 248 g/mol. The Kier molecular flexibility index (Phi) is 3.64. The highest BCUT2D eigenvalue weighted by molar-refractivity contribution is 5.46. The standard InChI is InChI=1S/C15H24N2O/c1-14(2,3)12-4-6-13(7-5-12)17-9-15(8-16)10-18-11-15/h4-7,17H,8-11,16H2,1-3H3. The lowest BCUT2D eigenvalue weighted by Gasteiger charge is -2.40. The van der Waals surface area contributed by atoms with Crippen molar-refractivity contribution in [2.45, 2.75) is 26.2 Å². The number of rotatable bonds is 4. The van der Waals surface area contributed by atoms with Crippen molar-refractivity contribution in [1.29, 1.82) is 0 Å². The van der Waals surface area contributed by atoms with Gasteiger partial charge in [-0.3, -0.25) is 0 Å². The Balaban J connectivity index is 1.94. The van der Waals surface area contributed by atoms with Gasteiger partial charge in [-0.25, -0.2) is 0 Å². The van der Waals surface area contributed by atoms with Gasteiger partial charge in [0.1, 0.15) is 0 Å². The van der Waals surface area contributed by atoms with Crippen LogP contribution < -0.4 is 11.1 Å². The zero-order valence-corrected chi connectivity index (χ0v) is 11.6. The van der Waals surface area contributed by atoms with Crippen LogP contribution in [0.1, 0.15) is 26.3 Å². The minimum absolute atomic E-state index is 0.142. The van der Waals surface area contributed by atoms with E-state index in [2.05, 4.69) is 50.4 Å². The SMILES string of the molecule is CC(C)(C)c1ccc(NCC2(CN)COC2)cc1. The van der Waals surface area contributed by atoms with Crippen LogP contribution in [0.4, 0.5) is 5.69 Å². The summed E-state index contributed by atoms with van der Waals surface area (Å²) in [5.74, 6) is 0. The van der Waals surface area contributed by atoms with Gasteiger partial charge < -0.3 is 15.8 Å². The van der Waals surface area contributed by atoms with E-state index in [1.807, 2.05) is 0 Å². The van der Waals surface area contributed by atoms with E-state index in [-0.39, 0.29) is 10.8 Å². The molecule has 1 heterocycles. The molecule has 1 aromatic rings. The van der Waals surface area contributed by atoms with Crippen LogP contribution in [0.25, 0.3) is 0 Å². The third-order valence-corrected chi connectivity index (χ3v) is 3.67. The summed E-state index contributed by atoms with van der Waals surface area (Å²) in [6.07, 6.45) is 0. The Morgan fingerprint density at radius 2 is 1.83 bits per heavy atom. The molecule has 0 spiro atoms. The Morgan fingerprint density at radius 3 is 2.22 bits per heavy atom. The molecule has 3 nitrogen and oxygen atoms in total. The number of benzene rings is 1. The maximum atomic E-state index is 5.79. The van der Waals surface area contributed by atoms with Crippen molar-refractivity contribution < 1.29 is 4.74 Å². The molecule has 0 aliphatic carbocycles. The highest BCUT2D eigenvalue weighted by Gasteiger charge is 2.36. The van der Waals surface area contributed by atoms with E-state index in [0.29, 0.717) is 6.54 Å². The Labute approximate surface area is 110 Å². The van der Waals surface area contributed by atoms with Gasteiger partial charge in [-0.1, -0.05) is 32.9 Å². The molecule has 0 aromatic heterocycles. The van der Waals surface area contributed by atoms with E-state index in [4.69, 9.17) is 10.5 Å². The number of hydrogen-bond donors (Lipinski definition) is 2. The van der Waals surface area contributed by atoms with E-state index >= 15 is 0 Å². The van der Waals surface area contributed by atoms with Crippen molar-refractivity contribution >= 4 is 5.69 Å². The second-order valence-electron chi connectivity index (χ2n) is 6.38. The summed E-state index contributed by atoms with van der Waals surface area (Å²) in [5, 5.41) is 3.46. The van der Waals surface area contributed by atoms with Gasteiger partial charge in [0.15, 0.2) is 0 Å². The fourth-order valence-electron chi connectivity index (χ4n) is 2.06. The van der Waals surface area contributed by atoms with Crippen LogP contribution >= 0.6 is 0 Å². The van der Waals surface area contributed by atoms with Crippen molar-refractivity contribution in [3.05, 3.63) is 29.8 Å². The molecular formula is C15H24N2O. The fourth-order valence-corrected chi connectivity index (χ4v) is 2.06. The summed E-state index contributed by atoms with van der Waals surface area (Å²) < 4.78 is 5.26. The summed E-state index contributed by atoms with van der Waals surface area (Å²) in [4.78, 5) is 0. The second kappa shape index (κ2) is 4.90. The van der Waals surface area contributed by atoms with Gasteiger partial charge >= 0.3 is 0 Å². The lowest BCUT2D eigenvalue weighted by Crippen LogP contribution is -2.52. The summed E-state index contributed by atoms with van der Waals surface area (Å²) in [5.41, 5.74) is 8.65. The third-order valence-electron chi connectivity index (χ3n) is 3.67. The first kappa shape index (κ1) is 13.4. The molecule has 1 fully saturated rings. The van der Waals surface area contributed by atoms with E-state index in [1.165, 1.54) is 5.56 Å². The van der Waals surface area contributed by atoms with Gasteiger partial charge in [0, 0.05) is 24.2 Å². The minimum Gasteiger partial charge on any atom is -0.384 e. The van der Waals surface area contributed by atoms with Crippen molar-refractivity contribution in [3.8, 4) is 0 Å². The summed E-state index contributed by atoms with van der Waals surface area (Å²) in [6, 6.07) is 8.66. The lowest BCUT2D eigenvalue weighted by molar-refractivity contribution is -0.0979. The van der Waals surface area contributed by atoms with Crippen LogP contribution in [0.2, 0.25) is 0 Å². The van der Waals surface area contributed by atoms with Crippen LogP contribution in [-0.4, -0.2) is 26.3 Å². The van der Waals surface area contributed by atoms with Crippen molar-refractivity contribution in [2.24, 2.45) is 11.1 Å². The van der Waals surface area contributed by atoms with Crippen LogP contribution in [0, 0.1) is 5.41 Å². The molecule has 1 aliphatic rings. The number of hydrogen-bond acceptors (Lipinski definition) is 3. The molecule has 0 saturated carbocycles. The van der Waals surface area contributed by atoms with Gasteiger partial charge in [-0.15, -0.1) is 0 Å². The molecule has 0 radical (unpaired) electrons. The Hall–Kier alpha value is -1.06. The first-order valence-electron chi connectivity index (χ1n) is 6.57. The molecular weight excluding hydrogens is 224 g/mol. The average Bonchev–Trinajstić information content (AvgIpc) is 2.28. The smallest absolute Gasteiger partial charge is 0.0574 e. The van der Waals surface area contributed by atoms with Gasteiger partial charge in [-0.2, -0.15) is 0 Å². The third kappa shape index (κ3) is 2.85. The zero-order chi connectivity index (χ0) is 13.2. The van der Waals surface area contributed by atoms with Crippen LogP contribution in [-0.2, 0) is 10.2 Å². The maximum Gasteiger partial charge on any atom is 0.0574 e. The van der Waals surface area contributed by atoms with E-state index in [0.717, 1.165) is 25.4 Å². The number of ether oxygens (including phenoxy) is 1. The molecule has 1 saturated heterocycles.